The van der Waals surface area contributed by atoms with Crippen molar-refractivity contribution >= 4 is 19.7 Å². The molecule has 0 unspecified atom stereocenters. The highest BCUT2D eigenvalue weighted by Gasteiger charge is 2.25. The minimum atomic E-state index is -3.49. The van der Waals surface area contributed by atoms with Crippen molar-refractivity contribution in [1.82, 2.24) is 0 Å². The van der Waals surface area contributed by atoms with Gasteiger partial charge in [-0.1, -0.05) is 44.5 Å². The molecule has 0 amide bonds. The van der Waals surface area contributed by atoms with Gasteiger partial charge in [0, 0.05) is 22.3 Å². The van der Waals surface area contributed by atoms with E-state index in [-0.39, 0.29) is 12.0 Å². The zero-order chi connectivity index (χ0) is 18.8. The first kappa shape index (κ1) is 20.0. The average molecular weight is 379 g/mol. The van der Waals surface area contributed by atoms with Gasteiger partial charge in [0.05, 0.1) is 4.90 Å². The molecule has 0 aromatic heterocycles. The van der Waals surface area contributed by atoms with Crippen LogP contribution in [0.15, 0.2) is 46.2 Å². The van der Waals surface area contributed by atoms with E-state index in [1.54, 1.807) is 12.1 Å². The Labute approximate surface area is 154 Å². The lowest BCUT2D eigenvalue weighted by atomic mass is 9.85. The first-order chi connectivity index (χ1) is 11.5. The van der Waals surface area contributed by atoms with Gasteiger partial charge < -0.3 is 5.11 Å². The van der Waals surface area contributed by atoms with Gasteiger partial charge in [-0.2, -0.15) is 0 Å². The summed E-state index contributed by atoms with van der Waals surface area (Å²) in [5.74, 6) is 0. The van der Waals surface area contributed by atoms with Crippen molar-refractivity contribution in [2.45, 2.75) is 56.2 Å². The highest BCUT2D eigenvalue weighted by Crippen LogP contribution is 2.39. The van der Waals surface area contributed by atoms with Gasteiger partial charge in [0.2, 0.25) is 8.87 Å². The number of benzene rings is 2. The Morgan fingerprint density at radius 3 is 2.16 bits per heavy atom. The summed E-state index contributed by atoms with van der Waals surface area (Å²) in [6.45, 7) is 10.2. The minimum absolute atomic E-state index is 0.0819. The highest BCUT2D eigenvalue weighted by atomic mass is 33.1. The van der Waals surface area contributed by atoms with Crippen molar-refractivity contribution in [3.63, 3.8) is 0 Å². The van der Waals surface area contributed by atoms with Gasteiger partial charge in [-0.05, 0) is 60.6 Å². The lowest BCUT2D eigenvalue weighted by Crippen LogP contribution is -2.14. The first-order valence-electron chi connectivity index (χ1n) is 8.30. The van der Waals surface area contributed by atoms with Crippen molar-refractivity contribution in [1.29, 1.82) is 0 Å². The largest absolute Gasteiger partial charge is 0.396 e. The van der Waals surface area contributed by atoms with E-state index in [0.29, 0.717) is 11.3 Å². The van der Waals surface area contributed by atoms with Crippen LogP contribution in [0.1, 0.15) is 43.0 Å². The van der Waals surface area contributed by atoms with E-state index in [4.69, 9.17) is 0 Å². The SMILES string of the molecule is Cc1ccc(S(=O)(=O)Sc2cc(C)c(CCO)cc2C(C)(C)C)cc1. The van der Waals surface area contributed by atoms with E-state index in [0.717, 1.165) is 37.9 Å². The molecule has 5 heteroatoms. The van der Waals surface area contributed by atoms with Gasteiger partial charge in [0.15, 0.2) is 0 Å². The molecule has 0 aliphatic carbocycles. The van der Waals surface area contributed by atoms with Crippen LogP contribution in [-0.4, -0.2) is 20.1 Å². The maximum absolute atomic E-state index is 12.8. The molecule has 0 spiro atoms. The van der Waals surface area contributed by atoms with E-state index >= 15 is 0 Å². The summed E-state index contributed by atoms with van der Waals surface area (Å²) in [6, 6.07) is 10.9. The summed E-state index contributed by atoms with van der Waals surface area (Å²) in [7, 11) is -2.58. The Balaban J connectivity index is 2.51. The average Bonchev–Trinajstić information content (AvgIpc) is 2.49. The third-order valence-corrected chi connectivity index (χ3v) is 7.50. The van der Waals surface area contributed by atoms with Gasteiger partial charge >= 0.3 is 0 Å². The molecule has 0 aliphatic heterocycles. The molecule has 0 atom stereocenters. The van der Waals surface area contributed by atoms with Gasteiger partial charge in [-0.25, -0.2) is 8.42 Å². The van der Waals surface area contributed by atoms with Crippen LogP contribution in [0.5, 0.6) is 0 Å². The number of rotatable bonds is 5. The van der Waals surface area contributed by atoms with Crippen LogP contribution in [0.2, 0.25) is 0 Å². The summed E-state index contributed by atoms with van der Waals surface area (Å²) in [5, 5.41) is 9.26. The molecule has 0 saturated carbocycles. The van der Waals surface area contributed by atoms with Crippen LogP contribution < -0.4 is 0 Å². The van der Waals surface area contributed by atoms with Crippen LogP contribution in [0.4, 0.5) is 0 Å². The normalized spacial score (nSPS) is 12.4. The molecule has 2 aromatic carbocycles. The highest BCUT2D eigenvalue weighted by molar-refractivity contribution is 8.72. The van der Waals surface area contributed by atoms with Crippen LogP contribution in [0.3, 0.4) is 0 Å². The van der Waals surface area contributed by atoms with Gasteiger partial charge in [0.1, 0.15) is 0 Å². The van der Waals surface area contributed by atoms with Crippen LogP contribution in [0.25, 0.3) is 0 Å². The zero-order valence-corrected chi connectivity index (χ0v) is 17.1. The van der Waals surface area contributed by atoms with Crippen LogP contribution in [-0.2, 0) is 20.7 Å². The Morgan fingerprint density at radius 2 is 1.64 bits per heavy atom. The zero-order valence-electron chi connectivity index (χ0n) is 15.5. The lowest BCUT2D eigenvalue weighted by Gasteiger charge is -2.24. The van der Waals surface area contributed by atoms with Crippen molar-refractivity contribution in [3.8, 4) is 0 Å². The molecule has 2 rings (SSSR count). The van der Waals surface area contributed by atoms with E-state index in [1.165, 1.54) is 0 Å². The Bertz CT molecular complexity index is 846. The van der Waals surface area contributed by atoms with Crippen molar-refractivity contribution in [2.75, 3.05) is 6.61 Å². The smallest absolute Gasteiger partial charge is 0.234 e. The van der Waals surface area contributed by atoms with E-state index in [1.807, 2.05) is 38.1 Å². The summed E-state index contributed by atoms with van der Waals surface area (Å²) in [6.07, 6.45) is 0.574. The van der Waals surface area contributed by atoms with E-state index in [2.05, 4.69) is 20.8 Å². The number of aryl methyl sites for hydroxylation is 2. The third-order valence-electron chi connectivity index (χ3n) is 4.14. The summed E-state index contributed by atoms with van der Waals surface area (Å²) < 4.78 is 25.7. The number of hydrogen-bond acceptors (Lipinski definition) is 4. The second kappa shape index (κ2) is 7.52. The minimum Gasteiger partial charge on any atom is -0.396 e. The maximum atomic E-state index is 12.8. The first-order valence-corrected chi connectivity index (χ1v) is 11.1. The number of hydrogen-bond donors (Lipinski definition) is 1. The van der Waals surface area contributed by atoms with Gasteiger partial charge in [-0.15, -0.1) is 0 Å². The van der Waals surface area contributed by atoms with Crippen LogP contribution >= 0.6 is 10.8 Å². The predicted octanol–water partition coefficient (Wildman–Crippen LogP) is 4.62. The molecule has 0 heterocycles. The predicted molar refractivity (Wildman–Crippen MR) is 105 cm³/mol. The molecular weight excluding hydrogens is 352 g/mol. The second-order valence-electron chi connectivity index (χ2n) is 7.35. The van der Waals surface area contributed by atoms with Crippen molar-refractivity contribution in [3.05, 3.63) is 58.7 Å². The summed E-state index contributed by atoms with van der Waals surface area (Å²) in [4.78, 5) is 1.08. The molecule has 2 aromatic rings. The fraction of sp³-hybridized carbons (Fsp3) is 0.400. The maximum Gasteiger partial charge on any atom is 0.234 e. The Hall–Kier alpha value is -1.30. The number of aliphatic hydroxyl groups is 1. The molecule has 0 aliphatic rings. The molecule has 136 valence electrons. The molecule has 3 nitrogen and oxygen atoms in total. The Kier molecular flexibility index (Phi) is 6.02. The van der Waals surface area contributed by atoms with Crippen molar-refractivity contribution in [2.24, 2.45) is 0 Å². The molecule has 0 radical (unpaired) electrons. The van der Waals surface area contributed by atoms with E-state index in [9.17, 15) is 13.5 Å². The topological polar surface area (TPSA) is 54.4 Å². The molecule has 1 N–H and O–H groups in total. The summed E-state index contributed by atoms with van der Waals surface area (Å²) in [5.41, 5.74) is 3.89. The quantitative estimate of drug-likeness (QED) is 0.772. The third kappa shape index (κ3) is 4.87. The number of aliphatic hydroxyl groups excluding tert-OH is 1. The lowest BCUT2D eigenvalue weighted by molar-refractivity contribution is 0.299. The Morgan fingerprint density at radius 1 is 1.04 bits per heavy atom. The monoisotopic (exact) mass is 378 g/mol. The van der Waals surface area contributed by atoms with Gasteiger partial charge in [0.25, 0.3) is 0 Å². The molecule has 0 saturated heterocycles. The molecular formula is C20H26O3S2. The second-order valence-corrected chi connectivity index (χ2v) is 11.2. The van der Waals surface area contributed by atoms with Gasteiger partial charge in [-0.3, -0.25) is 0 Å². The standard InChI is InChI=1S/C20H26O3S2/c1-14-6-8-17(9-7-14)25(22,23)24-19-12-15(2)16(10-11-21)13-18(19)20(3,4)5/h6-9,12-13,21H,10-11H2,1-5H3. The fourth-order valence-corrected chi connectivity index (χ4v) is 5.87. The molecule has 0 bridgehead atoms. The van der Waals surface area contributed by atoms with Crippen LogP contribution in [0, 0.1) is 13.8 Å². The van der Waals surface area contributed by atoms with E-state index < -0.39 is 8.87 Å². The fourth-order valence-electron chi connectivity index (χ4n) is 2.64. The molecule has 25 heavy (non-hydrogen) atoms. The van der Waals surface area contributed by atoms with Crippen molar-refractivity contribution < 1.29 is 13.5 Å². The molecule has 0 fully saturated rings. The summed E-state index contributed by atoms with van der Waals surface area (Å²) >= 11 is 0.